The summed E-state index contributed by atoms with van der Waals surface area (Å²) in [5.41, 5.74) is 9.39. The molecular weight excluding hydrogens is 927 g/mol. The number of carbonyl (C=O) groups is 4. The number of thiazole rings is 1. The Hall–Kier alpha value is -6.63. The van der Waals surface area contributed by atoms with Gasteiger partial charge in [-0.05, 0) is 81.2 Å². The van der Waals surface area contributed by atoms with Gasteiger partial charge in [0.2, 0.25) is 23.6 Å². The van der Waals surface area contributed by atoms with Crippen molar-refractivity contribution in [3.05, 3.63) is 117 Å². The number of amides is 3. The Morgan fingerprint density at radius 1 is 0.857 bits per heavy atom. The Kier molecular flexibility index (Phi) is 13.3. The molecule has 0 radical (unpaired) electrons. The van der Waals surface area contributed by atoms with E-state index in [2.05, 4.69) is 44.6 Å². The molecule has 364 valence electrons. The minimum atomic E-state index is -0.972. The molecule has 2 aliphatic heterocycles. The Bertz CT molecular complexity index is 2980. The van der Waals surface area contributed by atoms with E-state index >= 15 is 0 Å². The van der Waals surface area contributed by atoms with Crippen LogP contribution in [0.2, 0.25) is 0 Å². The number of carboxylic acids is 1. The molecular formula is C52H57N9O7S2. The summed E-state index contributed by atoms with van der Waals surface area (Å²) in [7, 11) is 0. The molecule has 2 fully saturated rings. The molecule has 4 aromatic heterocycles. The maximum Gasteiger partial charge on any atom is 0.306 e. The molecule has 1 saturated carbocycles. The standard InChI is InChI=1S/C52H57N9O7S2/c1-26-29(4)70-51-43(26)44(56-39(22-42(63)64)47-59-58-30(5)61(47)51)33-13-11-32(12-14-33)35-17-18-41(53-23-35)68-38-19-36(20-38)48(65)57-46(52(6,7)8)50(67)60-24-37(62)21-40(60)49(66)55-27(2)31-9-15-34(16-10-31)45-28(3)54-25-69-45/h9-18,23,25,27,36-40,46,62H,19-22,24H2,1-8H3,(H,55,66)(H,57,65)(H,63,64)/t27-,36-,37+,38+,39-,40-,46+/m0/s1. The first-order chi connectivity index (χ1) is 33.3. The number of aliphatic imine (C=N–C) groups is 1. The van der Waals surface area contributed by atoms with Crippen molar-refractivity contribution in [3.8, 4) is 32.4 Å². The van der Waals surface area contributed by atoms with Crippen molar-refractivity contribution < 1.29 is 34.1 Å². The molecule has 1 saturated heterocycles. The van der Waals surface area contributed by atoms with Gasteiger partial charge in [0.15, 0.2) is 5.82 Å². The van der Waals surface area contributed by atoms with Gasteiger partial charge in [-0.2, -0.15) is 0 Å². The average Bonchev–Trinajstić information content (AvgIpc) is 4.08. The van der Waals surface area contributed by atoms with Gasteiger partial charge in [0.1, 0.15) is 35.1 Å². The predicted molar refractivity (Wildman–Crippen MR) is 267 cm³/mol. The van der Waals surface area contributed by atoms with Crippen molar-refractivity contribution in [1.82, 2.24) is 40.3 Å². The summed E-state index contributed by atoms with van der Waals surface area (Å²) in [4.78, 5) is 71.3. The van der Waals surface area contributed by atoms with Crippen LogP contribution in [0, 0.1) is 39.0 Å². The molecule has 16 nitrogen and oxygen atoms in total. The Labute approximate surface area is 414 Å². The first-order valence-electron chi connectivity index (χ1n) is 23.5. The van der Waals surface area contributed by atoms with Gasteiger partial charge in [0.25, 0.3) is 0 Å². The van der Waals surface area contributed by atoms with Gasteiger partial charge in [0.05, 0.1) is 40.4 Å². The zero-order valence-corrected chi connectivity index (χ0v) is 42.0. The topological polar surface area (TPSA) is 214 Å². The van der Waals surface area contributed by atoms with Crippen LogP contribution in [0.5, 0.6) is 5.88 Å². The number of nitrogens with zero attached hydrogens (tertiary/aromatic N) is 7. The van der Waals surface area contributed by atoms with Crippen molar-refractivity contribution in [3.63, 3.8) is 0 Å². The highest BCUT2D eigenvalue weighted by Gasteiger charge is 2.46. The Morgan fingerprint density at radius 3 is 2.19 bits per heavy atom. The summed E-state index contributed by atoms with van der Waals surface area (Å²) >= 11 is 3.19. The third-order valence-electron chi connectivity index (χ3n) is 13.6. The normalized spacial score (nSPS) is 20.6. The molecule has 9 rings (SSSR count). The number of hydrogen-bond donors (Lipinski definition) is 4. The lowest BCUT2D eigenvalue weighted by Gasteiger charge is -2.39. The lowest BCUT2D eigenvalue weighted by Crippen LogP contribution is -2.59. The first kappa shape index (κ1) is 48.4. The van der Waals surface area contributed by atoms with E-state index in [0.717, 1.165) is 59.4 Å². The summed E-state index contributed by atoms with van der Waals surface area (Å²) in [5, 5.41) is 36.1. The largest absolute Gasteiger partial charge is 0.481 e. The number of aliphatic carboxylic acids is 1. The molecule has 0 spiro atoms. The molecule has 3 amide bonds. The van der Waals surface area contributed by atoms with Gasteiger partial charge >= 0.3 is 5.97 Å². The van der Waals surface area contributed by atoms with Gasteiger partial charge in [-0.25, -0.2) is 9.97 Å². The highest BCUT2D eigenvalue weighted by atomic mass is 32.1. The number of aryl methyl sites for hydroxylation is 3. The van der Waals surface area contributed by atoms with E-state index in [0.29, 0.717) is 36.1 Å². The van der Waals surface area contributed by atoms with Crippen LogP contribution in [-0.2, 0) is 19.2 Å². The second-order valence-electron chi connectivity index (χ2n) is 19.7. The molecule has 0 unspecified atom stereocenters. The summed E-state index contributed by atoms with van der Waals surface area (Å²) < 4.78 is 8.12. The van der Waals surface area contributed by atoms with Gasteiger partial charge < -0.3 is 30.5 Å². The maximum absolute atomic E-state index is 14.3. The SMILES string of the molecule is Cc1ncsc1-c1ccc([C@H](C)NC(=O)[C@@H]2C[C@@H](O)CN2C(=O)[C@@H](NC(=O)[C@H]2C[C@@H](Oc3ccc(-c4ccc(C5=N[C@@H](CC(=O)O)c6nnc(C)n6-c6sc(C)c(C)c65)cc4)cn3)C2)C(C)(C)C)cc1. The third kappa shape index (κ3) is 9.63. The quantitative estimate of drug-likeness (QED) is 0.0883. The van der Waals surface area contributed by atoms with Gasteiger partial charge in [-0.15, -0.1) is 32.9 Å². The fourth-order valence-electron chi connectivity index (χ4n) is 9.45. The molecule has 6 heterocycles. The number of thiophene rings is 1. The number of hydrogen-bond acceptors (Lipinski definition) is 13. The number of fused-ring (bicyclic) bond motifs is 3. The van der Waals surface area contributed by atoms with Gasteiger partial charge in [-0.3, -0.25) is 28.7 Å². The van der Waals surface area contributed by atoms with E-state index in [1.165, 1.54) is 4.90 Å². The minimum Gasteiger partial charge on any atom is -0.481 e. The van der Waals surface area contributed by atoms with Crippen molar-refractivity contribution in [2.45, 2.75) is 117 Å². The molecule has 70 heavy (non-hydrogen) atoms. The highest BCUT2D eigenvalue weighted by Crippen LogP contribution is 2.40. The van der Waals surface area contributed by atoms with Crippen molar-refractivity contribution in [2.75, 3.05) is 6.54 Å². The number of pyridine rings is 1. The molecule has 2 aromatic carbocycles. The number of aliphatic hydroxyl groups is 1. The van der Waals surface area contributed by atoms with E-state index < -0.39 is 41.5 Å². The first-order valence-corrected chi connectivity index (χ1v) is 25.2. The van der Waals surface area contributed by atoms with Gasteiger partial charge in [0, 0.05) is 52.7 Å². The number of benzene rings is 2. The van der Waals surface area contributed by atoms with E-state index in [4.69, 9.17) is 9.73 Å². The summed E-state index contributed by atoms with van der Waals surface area (Å²) in [6.45, 7) is 15.4. The molecule has 5 atom stereocenters. The number of carbonyl (C=O) groups excluding carboxylic acids is 3. The van der Waals surface area contributed by atoms with Crippen LogP contribution in [0.4, 0.5) is 0 Å². The van der Waals surface area contributed by atoms with E-state index in [9.17, 15) is 29.4 Å². The molecule has 0 bridgehead atoms. The number of nitrogens with one attached hydrogen (secondary N) is 2. The number of aromatic nitrogens is 5. The predicted octanol–water partition coefficient (Wildman–Crippen LogP) is 7.64. The van der Waals surface area contributed by atoms with Crippen LogP contribution in [0.3, 0.4) is 0 Å². The maximum atomic E-state index is 14.3. The van der Waals surface area contributed by atoms with Crippen LogP contribution in [0.25, 0.3) is 26.6 Å². The second kappa shape index (κ2) is 19.3. The zero-order chi connectivity index (χ0) is 49.8. The number of β-amino-alcohol motifs (C(OH)–C–C–N with tert-alkyl or cyclic N) is 1. The van der Waals surface area contributed by atoms with Crippen LogP contribution >= 0.6 is 22.7 Å². The average molecular weight is 984 g/mol. The minimum absolute atomic E-state index is 0.0128. The summed E-state index contributed by atoms with van der Waals surface area (Å²) in [5.74, 6) is -0.787. The molecule has 18 heteroatoms. The fraction of sp³-hybridized carbons (Fsp3) is 0.404. The number of aliphatic hydroxyl groups excluding tert-OH is 1. The number of ether oxygens (including phenoxy) is 1. The summed E-state index contributed by atoms with van der Waals surface area (Å²) in [6, 6.07) is 16.7. The van der Waals surface area contributed by atoms with Crippen molar-refractivity contribution >= 4 is 52.1 Å². The third-order valence-corrected chi connectivity index (χ3v) is 15.8. The smallest absolute Gasteiger partial charge is 0.306 e. The van der Waals surface area contributed by atoms with E-state index in [1.807, 2.05) is 106 Å². The molecule has 3 aliphatic rings. The van der Waals surface area contributed by atoms with Gasteiger partial charge in [-0.1, -0.05) is 69.3 Å². The lowest BCUT2D eigenvalue weighted by atomic mass is 9.80. The number of rotatable bonds is 13. The monoisotopic (exact) mass is 983 g/mol. The Balaban J connectivity index is 0.804. The zero-order valence-electron chi connectivity index (χ0n) is 40.4. The van der Waals surface area contributed by atoms with Crippen molar-refractivity contribution in [2.24, 2.45) is 16.3 Å². The van der Waals surface area contributed by atoms with Crippen LogP contribution in [-0.4, -0.2) is 100 Å². The lowest BCUT2D eigenvalue weighted by molar-refractivity contribution is -0.145. The van der Waals surface area contributed by atoms with E-state index in [-0.39, 0.29) is 49.3 Å². The van der Waals surface area contributed by atoms with Crippen LogP contribution in [0.1, 0.15) is 110 Å². The van der Waals surface area contributed by atoms with Crippen LogP contribution < -0.4 is 15.4 Å². The fourth-order valence-corrected chi connectivity index (χ4v) is 11.5. The van der Waals surface area contributed by atoms with Crippen molar-refractivity contribution in [1.29, 1.82) is 0 Å². The second-order valence-corrected chi connectivity index (χ2v) is 21.7. The molecule has 1 aliphatic carbocycles. The Morgan fingerprint density at radius 2 is 1.54 bits per heavy atom. The summed E-state index contributed by atoms with van der Waals surface area (Å²) in [6.07, 6.45) is 1.37. The van der Waals surface area contributed by atoms with E-state index in [1.54, 1.807) is 34.9 Å². The number of likely N-dealkylation sites (tertiary alicyclic amines) is 1. The molecule has 4 N–H and O–H groups in total. The number of carboxylic acid groups (broad SMARTS) is 1. The van der Waals surface area contributed by atoms with Crippen LogP contribution in [0.15, 0.2) is 77.4 Å². The highest BCUT2D eigenvalue weighted by molar-refractivity contribution is 7.15. The molecule has 6 aromatic rings.